The van der Waals surface area contributed by atoms with E-state index in [1.165, 1.54) is 57.8 Å². The third-order valence-corrected chi connectivity index (χ3v) is 18.0. The van der Waals surface area contributed by atoms with E-state index < -0.39 is 91.5 Å². The van der Waals surface area contributed by atoms with Crippen molar-refractivity contribution in [3.63, 3.8) is 0 Å². The average molecular weight is 1510 g/mol. The molecule has 0 radical (unpaired) electrons. The van der Waals surface area contributed by atoms with Crippen molar-refractivity contribution in [1.82, 2.24) is 0 Å². The summed E-state index contributed by atoms with van der Waals surface area (Å²) in [4.78, 5) is 58.7. The maximum absolute atomic E-state index is 13.0. The first kappa shape index (κ1) is 99.7. The van der Waals surface area contributed by atoms with Crippen molar-refractivity contribution in [3.8, 4) is 0 Å². The van der Waals surface area contributed by atoms with Gasteiger partial charge in [0.15, 0.2) is 6.10 Å². The van der Waals surface area contributed by atoms with Crippen molar-refractivity contribution in [2.45, 2.75) is 309 Å². The van der Waals surface area contributed by atoms with Crippen molar-refractivity contribution in [2.75, 3.05) is 39.6 Å². The van der Waals surface area contributed by atoms with Gasteiger partial charge in [0.05, 0.1) is 26.4 Å². The molecular formula is C87H142O16P2. The van der Waals surface area contributed by atoms with Gasteiger partial charge in [-0.05, 0) is 154 Å². The maximum atomic E-state index is 13.0. The Labute approximate surface area is 636 Å². The first-order chi connectivity index (χ1) is 51.2. The molecular weight excluding hydrogens is 1360 g/mol. The molecule has 0 saturated carbocycles. The minimum absolute atomic E-state index is 0.0715. The van der Waals surface area contributed by atoms with Crippen molar-refractivity contribution < 1.29 is 75.8 Å². The molecule has 4 N–H and O–H groups in total. The molecule has 0 aliphatic rings. The van der Waals surface area contributed by atoms with Crippen LogP contribution in [-0.4, -0.2) is 95.9 Å². The number of rotatable bonds is 74. The zero-order valence-corrected chi connectivity index (χ0v) is 66.9. The number of phosphoric ester groups is 2. The van der Waals surface area contributed by atoms with Crippen molar-refractivity contribution in [1.29, 1.82) is 0 Å². The Kier molecular flexibility index (Phi) is 74.3. The van der Waals surface area contributed by atoms with E-state index in [4.69, 9.17) is 32.3 Å². The lowest BCUT2D eigenvalue weighted by molar-refractivity contribution is -0.161. The molecule has 0 aromatic heterocycles. The summed E-state index contributed by atoms with van der Waals surface area (Å²) in [5.74, 6) is -1.65. The molecule has 0 fully saturated rings. The summed E-state index contributed by atoms with van der Waals surface area (Å²) < 4.78 is 61.2. The fourth-order valence-corrected chi connectivity index (χ4v) is 11.7. The predicted molar refractivity (Wildman–Crippen MR) is 435 cm³/mol. The largest absolute Gasteiger partial charge is 0.472 e. The molecule has 5 atom stereocenters. The normalized spacial score (nSPS) is 14.9. The standard InChI is InChI=1S/C87H142O16P2/c1-4-7-10-13-16-19-22-25-28-31-34-36-37-38-39-40-41-42-43-45-48-49-52-55-58-61-64-67-70-73-85(90)97-76-82(88)77-99-104(93,94)100-78-83(89)79-101-105(95,96)102-81-84(103-87(92)75-72-69-66-63-60-57-54-51-46-33-30-27-24-21-18-15-12-9-6-3)80-98-86(91)74-71-68-65-62-59-56-53-50-47-44-35-32-29-26-23-20-17-14-11-8-5-2/h7-12,16-21,25-30,34-36,38-39,44,46,50-51,53,59,62,82-84,88-89H,4-6,13-15,22-24,31-33,37,40-43,45,47-49,52,54-58,60-61,63-81H2,1-3H3,(H,93,94)(H,95,96)/b10-7-,11-8-,12-9-,19-16-,20-17-,21-18-,28-25-,29-26-,30-27-,36-34-,39-38-,44-35-,51-46-,53-50-,62-59-. The first-order valence-corrected chi connectivity index (χ1v) is 43.1. The molecule has 0 aliphatic heterocycles. The minimum Gasteiger partial charge on any atom is -0.463 e. The van der Waals surface area contributed by atoms with Gasteiger partial charge in [0.1, 0.15) is 25.4 Å². The summed E-state index contributed by atoms with van der Waals surface area (Å²) in [6, 6.07) is 0. The topological polar surface area (TPSA) is 231 Å². The molecule has 0 aliphatic carbocycles. The maximum Gasteiger partial charge on any atom is 0.472 e. The van der Waals surface area contributed by atoms with Gasteiger partial charge in [-0.1, -0.05) is 299 Å². The number of ether oxygens (including phenoxy) is 3. The number of esters is 3. The van der Waals surface area contributed by atoms with Gasteiger partial charge in [-0.2, -0.15) is 0 Å². The summed E-state index contributed by atoms with van der Waals surface area (Å²) in [6.45, 7) is 2.26. The molecule has 105 heavy (non-hydrogen) atoms. The number of hydrogen-bond acceptors (Lipinski definition) is 14. The smallest absolute Gasteiger partial charge is 0.463 e. The Morgan fingerprint density at radius 1 is 0.267 bits per heavy atom. The molecule has 0 saturated heterocycles. The summed E-state index contributed by atoms with van der Waals surface area (Å²) >= 11 is 0. The third-order valence-electron chi connectivity index (χ3n) is 16.1. The van der Waals surface area contributed by atoms with Gasteiger partial charge in [0.2, 0.25) is 0 Å². The second kappa shape index (κ2) is 78.2. The highest BCUT2D eigenvalue weighted by Crippen LogP contribution is 2.45. The van der Waals surface area contributed by atoms with Gasteiger partial charge in [-0.15, -0.1) is 0 Å². The fourth-order valence-electron chi connectivity index (χ4n) is 10.1. The van der Waals surface area contributed by atoms with Gasteiger partial charge in [-0.3, -0.25) is 32.5 Å². The summed E-state index contributed by atoms with van der Waals surface area (Å²) in [5, 5.41) is 20.7. The molecule has 0 aromatic rings. The fraction of sp³-hybridized carbons (Fsp3) is 0.621. The van der Waals surface area contributed by atoms with Crippen LogP contribution in [0.5, 0.6) is 0 Å². The van der Waals surface area contributed by atoms with Crippen molar-refractivity contribution >= 4 is 33.6 Å². The summed E-state index contributed by atoms with van der Waals surface area (Å²) in [6.07, 6.45) is 101. The molecule has 5 unspecified atom stereocenters. The van der Waals surface area contributed by atoms with E-state index in [9.17, 15) is 43.5 Å². The number of phosphoric acid groups is 2. The van der Waals surface area contributed by atoms with Crippen LogP contribution in [0.15, 0.2) is 182 Å². The molecule has 0 spiro atoms. The van der Waals surface area contributed by atoms with E-state index in [1.54, 1.807) is 0 Å². The molecule has 16 nitrogen and oxygen atoms in total. The Morgan fingerprint density at radius 2 is 0.476 bits per heavy atom. The number of carbonyl (C=O) groups is 3. The number of aliphatic hydroxyl groups is 2. The second-order valence-corrected chi connectivity index (χ2v) is 29.0. The van der Waals surface area contributed by atoms with Crippen LogP contribution in [0.3, 0.4) is 0 Å². The van der Waals surface area contributed by atoms with E-state index >= 15 is 0 Å². The molecule has 0 bridgehead atoms. The molecule has 0 rings (SSSR count). The van der Waals surface area contributed by atoms with Crippen LogP contribution in [0.1, 0.15) is 290 Å². The number of hydrogen-bond donors (Lipinski definition) is 4. The highest BCUT2D eigenvalue weighted by atomic mass is 31.2. The van der Waals surface area contributed by atoms with Gasteiger partial charge in [0, 0.05) is 19.3 Å². The van der Waals surface area contributed by atoms with Crippen LogP contribution in [0, 0.1) is 0 Å². The highest BCUT2D eigenvalue weighted by molar-refractivity contribution is 7.47. The lowest BCUT2D eigenvalue weighted by atomic mass is 10.0. The van der Waals surface area contributed by atoms with Gasteiger partial charge >= 0.3 is 33.6 Å². The van der Waals surface area contributed by atoms with Crippen LogP contribution < -0.4 is 0 Å². The van der Waals surface area contributed by atoms with Crippen LogP contribution in [0.2, 0.25) is 0 Å². The average Bonchev–Trinajstić information content (AvgIpc) is 0.923. The van der Waals surface area contributed by atoms with Gasteiger partial charge in [0.25, 0.3) is 0 Å². The van der Waals surface area contributed by atoms with Crippen LogP contribution in [-0.2, 0) is 55.8 Å². The summed E-state index contributed by atoms with van der Waals surface area (Å²) in [7, 11) is -9.82. The van der Waals surface area contributed by atoms with Gasteiger partial charge in [-0.25, -0.2) is 9.13 Å². The third kappa shape index (κ3) is 79.5. The Bertz CT molecular complexity index is 2640. The van der Waals surface area contributed by atoms with E-state index in [0.29, 0.717) is 19.3 Å². The quantitative estimate of drug-likeness (QED) is 0.0146. The Morgan fingerprint density at radius 3 is 0.771 bits per heavy atom. The zero-order chi connectivity index (χ0) is 76.6. The first-order valence-electron chi connectivity index (χ1n) is 40.1. The van der Waals surface area contributed by atoms with E-state index in [1.807, 2.05) is 0 Å². The van der Waals surface area contributed by atoms with E-state index in [-0.39, 0.29) is 19.3 Å². The molecule has 0 aromatic carbocycles. The van der Waals surface area contributed by atoms with E-state index in [0.717, 1.165) is 173 Å². The molecule has 0 amide bonds. The summed E-state index contributed by atoms with van der Waals surface area (Å²) in [5.41, 5.74) is 0. The molecule has 596 valence electrons. The molecule has 0 heterocycles. The molecule has 18 heteroatoms. The number of allylic oxidation sites excluding steroid dienone is 30. The highest BCUT2D eigenvalue weighted by Gasteiger charge is 2.29. The SMILES string of the molecule is CC/C=C\C/C=C\C/C=C\C/C=C\C/C=C\C/C=C\CCCCC(=O)OCC(COP(=O)(O)OCC(O)COP(=O)(O)OCC(O)COC(=O)CCCCCCCCCCCCCCC/C=C\C/C=C\C/C=C\C/C=C\C/C=C\CC)OC(=O)CCCCCCCC/C=C\C/C=C\C/C=C\C/C=C\CC. The minimum atomic E-state index is -4.95. The Balaban J connectivity index is 4.65. The van der Waals surface area contributed by atoms with Crippen LogP contribution in [0.25, 0.3) is 0 Å². The van der Waals surface area contributed by atoms with Crippen LogP contribution >= 0.6 is 15.6 Å². The van der Waals surface area contributed by atoms with Crippen LogP contribution in [0.4, 0.5) is 0 Å². The lowest BCUT2D eigenvalue weighted by Gasteiger charge is -2.21. The second-order valence-electron chi connectivity index (χ2n) is 26.1. The van der Waals surface area contributed by atoms with Gasteiger partial charge < -0.3 is 34.2 Å². The monoisotopic (exact) mass is 1500 g/mol. The number of unbranched alkanes of at least 4 members (excludes halogenated alkanes) is 21. The lowest BCUT2D eigenvalue weighted by Crippen LogP contribution is -2.30. The number of aliphatic hydroxyl groups excluding tert-OH is 2. The zero-order valence-electron chi connectivity index (χ0n) is 65.1. The predicted octanol–water partition coefficient (Wildman–Crippen LogP) is 23.8. The van der Waals surface area contributed by atoms with Crippen molar-refractivity contribution in [2.24, 2.45) is 0 Å². The Hall–Kier alpha value is -5.35. The van der Waals surface area contributed by atoms with Crippen molar-refractivity contribution in [3.05, 3.63) is 182 Å². The number of carbonyl (C=O) groups excluding carboxylic acids is 3. The van der Waals surface area contributed by atoms with E-state index in [2.05, 4.69) is 203 Å².